The fraction of sp³-hybridized carbons (Fsp3) is 0.333. The van der Waals surface area contributed by atoms with Gasteiger partial charge in [-0.1, -0.05) is 36.4 Å². The molecule has 0 aliphatic rings. The molecule has 0 spiro atoms. The van der Waals surface area contributed by atoms with Crippen LogP contribution in [0.5, 0.6) is 11.5 Å². The molecular formula is C21H28N2O2S. The monoisotopic (exact) mass is 372 g/mol. The van der Waals surface area contributed by atoms with Gasteiger partial charge in [0.15, 0.2) is 0 Å². The molecule has 2 aromatic rings. The summed E-state index contributed by atoms with van der Waals surface area (Å²) in [6, 6.07) is 14.4. The normalized spacial score (nSPS) is 11.7. The number of thioether (sulfide) groups is 1. The average Bonchev–Trinajstić information content (AvgIpc) is 2.65. The van der Waals surface area contributed by atoms with E-state index < -0.39 is 0 Å². The lowest BCUT2D eigenvalue weighted by Crippen LogP contribution is -2.22. The number of hydrogen-bond donors (Lipinski definition) is 2. The lowest BCUT2D eigenvalue weighted by Gasteiger charge is -2.24. The first-order valence-corrected chi connectivity index (χ1v) is 9.61. The second-order valence-corrected chi connectivity index (χ2v) is 7.25. The van der Waals surface area contributed by atoms with E-state index in [0.29, 0.717) is 6.54 Å². The Balaban J connectivity index is 2.34. The predicted molar refractivity (Wildman–Crippen MR) is 111 cm³/mol. The minimum Gasteiger partial charge on any atom is -0.497 e. The smallest absolute Gasteiger partial charge is 0.124 e. The Bertz CT molecular complexity index is 734. The fourth-order valence-electron chi connectivity index (χ4n) is 2.84. The zero-order valence-corrected chi connectivity index (χ0v) is 16.6. The van der Waals surface area contributed by atoms with E-state index >= 15 is 0 Å². The highest BCUT2D eigenvalue weighted by atomic mass is 32.2. The van der Waals surface area contributed by atoms with Gasteiger partial charge in [0.05, 0.1) is 25.3 Å². The van der Waals surface area contributed by atoms with Crippen LogP contribution in [0.4, 0.5) is 0 Å². The molecule has 0 bridgehead atoms. The highest BCUT2D eigenvalue weighted by Crippen LogP contribution is 2.33. The first-order valence-electron chi connectivity index (χ1n) is 8.63. The zero-order valence-electron chi connectivity index (χ0n) is 15.7. The van der Waals surface area contributed by atoms with Crippen molar-refractivity contribution in [1.29, 1.82) is 0 Å². The fourth-order valence-corrected chi connectivity index (χ4v) is 3.43. The van der Waals surface area contributed by atoms with E-state index in [4.69, 9.17) is 15.2 Å². The van der Waals surface area contributed by atoms with E-state index in [2.05, 4.69) is 43.1 Å². The summed E-state index contributed by atoms with van der Waals surface area (Å²) >= 11 is 1.63. The quantitative estimate of drug-likeness (QED) is 0.659. The van der Waals surface area contributed by atoms with Crippen molar-refractivity contribution in [2.24, 2.45) is 5.73 Å². The molecule has 2 aromatic carbocycles. The molecule has 0 fully saturated rings. The molecule has 1 atom stereocenters. The lowest BCUT2D eigenvalue weighted by atomic mass is 9.97. The number of rotatable bonds is 10. The van der Waals surface area contributed by atoms with Crippen molar-refractivity contribution in [3.8, 4) is 11.5 Å². The van der Waals surface area contributed by atoms with Gasteiger partial charge < -0.3 is 20.5 Å². The van der Waals surface area contributed by atoms with Crippen molar-refractivity contribution in [3.63, 3.8) is 0 Å². The van der Waals surface area contributed by atoms with Crippen molar-refractivity contribution >= 4 is 11.8 Å². The summed E-state index contributed by atoms with van der Waals surface area (Å²) in [5, 5.41) is 4.44. The predicted octanol–water partition coefficient (Wildman–Crippen LogP) is 4.05. The highest BCUT2D eigenvalue weighted by Gasteiger charge is 2.19. The van der Waals surface area contributed by atoms with E-state index in [1.165, 1.54) is 11.1 Å². The van der Waals surface area contributed by atoms with Crippen molar-refractivity contribution < 1.29 is 9.47 Å². The molecule has 26 heavy (non-hydrogen) atoms. The van der Waals surface area contributed by atoms with Crippen LogP contribution in [-0.4, -0.2) is 26.5 Å². The van der Waals surface area contributed by atoms with Crippen LogP contribution in [0, 0.1) is 6.92 Å². The molecule has 0 aliphatic heterocycles. The molecular weight excluding hydrogens is 344 g/mol. The first kappa shape index (κ1) is 20.2. The van der Waals surface area contributed by atoms with E-state index in [9.17, 15) is 0 Å². The molecule has 0 saturated carbocycles. The molecule has 1 unspecified atom stereocenters. The second kappa shape index (κ2) is 10.1. The standard InChI is InChI=1S/C21H28N2O2S/c1-15-6-5-7-17(12-15)13-20(23-16(2)26-11-10-22)19-14-18(24-3)8-9-21(19)25-4/h5-9,12,14,20,23H,2,10-11,13,22H2,1,3-4H3. The van der Waals surface area contributed by atoms with Gasteiger partial charge in [-0.05, 0) is 37.1 Å². The SMILES string of the molecule is C=C(NC(Cc1cccc(C)c1)c1cc(OC)ccc1OC)SCCN. The Hall–Kier alpha value is -2.11. The van der Waals surface area contributed by atoms with Crippen LogP contribution in [0.1, 0.15) is 22.7 Å². The summed E-state index contributed by atoms with van der Waals surface area (Å²) in [4.78, 5) is 0. The van der Waals surface area contributed by atoms with Crippen LogP contribution in [-0.2, 0) is 6.42 Å². The third kappa shape index (κ3) is 5.71. The number of benzene rings is 2. The molecule has 2 rings (SSSR count). The molecule has 0 aromatic heterocycles. The molecule has 4 nitrogen and oxygen atoms in total. The van der Waals surface area contributed by atoms with Crippen LogP contribution in [0.25, 0.3) is 0 Å². The Morgan fingerprint density at radius 2 is 2.00 bits per heavy atom. The van der Waals surface area contributed by atoms with E-state index in [-0.39, 0.29) is 6.04 Å². The van der Waals surface area contributed by atoms with E-state index in [1.807, 2.05) is 18.2 Å². The van der Waals surface area contributed by atoms with Gasteiger partial charge in [0, 0.05) is 17.9 Å². The molecule has 0 heterocycles. The maximum Gasteiger partial charge on any atom is 0.124 e. The first-order chi connectivity index (χ1) is 12.6. The molecule has 0 amide bonds. The molecule has 5 heteroatoms. The molecule has 140 valence electrons. The van der Waals surface area contributed by atoms with Gasteiger partial charge in [-0.15, -0.1) is 11.8 Å². The molecule has 0 aliphatic carbocycles. The molecule has 0 radical (unpaired) electrons. The number of hydrogen-bond acceptors (Lipinski definition) is 5. The van der Waals surface area contributed by atoms with Gasteiger partial charge >= 0.3 is 0 Å². The van der Waals surface area contributed by atoms with Crippen LogP contribution >= 0.6 is 11.8 Å². The largest absolute Gasteiger partial charge is 0.497 e. The Morgan fingerprint density at radius 3 is 2.65 bits per heavy atom. The van der Waals surface area contributed by atoms with Crippen molar-refractivity contribution in [3.05, 3.63) is 70.8 Å². The van der Waals surface area contributed by atoms with Gasteiger partial charge in [0.1, 0.15) is 11.5 Å². The number of aryl methyl sites for hydroxylation is 1. The third-order valence-corrected chi connectivity index (χ3v) is 4.97. The maximum absolute atomic E-state index is 5.62. The minimum absolute atomic E-state index is 0.0135. The van der Waals surface area contributed by atoms with Crippen LogP contribution in [0.2, 0.25) is 0 Å². The number of ether oxygens (including phenoxy) is 2. The van der Waals surface area contributed by atoms with Crippen molar-refractivity contribution in [1.82, 2.24) is 5.32 Å². The zero-order chi connectivity index (χ0) is 18.9. The van der Waals surface area contributed by atoms with Crippen molar-refractivity contribution in [2.75, 3.05) is 26.5 Å². The Labute approximate surface area is 160 Å². The Morgan fingerprint density at radius 1 is 1.19 bits per heavy atom. The average molecular weight is 373 g/mol. The van der Waals surface area contributed by atoms with Gasteiger partial charge in [0.2, 0.25) is 0 Å². The summed E-state index contributed by atoms with van der Waals surface area (Å²) in [6.07, 6.45) is 0.813. The second-order valence-electron chi connectivity index (χ2n) is 6.06. The number of nitrogens with two attached hydrogens (primary N) is 1. The van der Waals surface area contributed by atoms with Crippen LogP contribution in [0.15, 0.2) is 54.1 Å². The van der Waals surface area contributed by atoms with E-state index in [1.54, 1.807) is 26.0 Å². The molecule has 3 N–H and O–H groups in total. The maximum atomic E-state index is 5.62. The summed E-state index contributed by atoms with van der Waals surface area (Å²) in [5.41, 5.74) is 9.16. The number of nitrogens with one attached hydrogen (secondary N) is 1. The highest BCUT2D eigenvalue weighted by molar-refractivity contribution is 8.03. The van der Waals surface area contributed by atoms with Crippen LogP contribution < -0.4 is 20.5 Å². The molecule has 0 saturated heterocycles. The van der Waals surface area contributed by atoms with Gasteiger partial charge in [-0.25, -0.2) is 0 Å². The van der Waals surface area contributed by atoms with E-state index in [0.717, 1.165) is 34.3 Å². The summed E-state index contributed by atoms with van der Waals surface area (Å²) in [5.74, 6) is 2.46. The topological polar surface area (TPSA) is 56.5 Å². The van der Waals surface area contributed by atoms with Gasteiger partial charge in [-0.2, -0.15) is 0 Å². The summed E-state index contributed by atoms with van der Waals surface area (Å²) < 4.78 is 11.0. The van der Waals surface area contributed by atoms with Gasteiger partial charge in [0.25, 0.3) is 0 Å². The number of methoxy groups -OCH3 is 2. The van der Waals surface area contributed by atoms with Gasteiger partial charge in [-0.3, -0.25) is 0 Å². The minimum atomic E-state index is 0.0135. The third-order valence-electron chi connectivity index (χ3n) is 4.06. The Kier molecular flexibility index (Phi) is 7.88. The summed E-state index contributed by atoms with van der Waals surface area (Å²) in [6.45, 7) is 6.87. The lowest BCUT2D eigenvalue weighted by molar-refractivity contribution is 0.392. The summed E-state index contributed by atoms with van der Waals surface area (Å²) in [7, 11) is 3.36. The van der Waals surface area contributed by atoms with Crippen molar-refractivity contribution in [2.45, 2.75) is 19.4 Å². The van der Waals surface area contributed by atoms with Crippen LogP contribution in [0.3, 0.4) is 0 Å².